The van der Waals surface area contributed by atoms with Crippen molar-refractivity contribution >= 4 is 5.91 Å². The molecule has 0 atom stereocenters. The topological polar surface area (TPSA) is 81.2 Å². The van der Waals surface area contributed by atoms with E-state index in [1.807, 2.05) is 12.1 Å². The predicted molar refractivity (Wildman–Crippen MR) is 66.9 cm³/mol. The summed E-state index contributed by atoms with van der Waals surface area (Å²) in [4.78, 5) is 11.8. The molecule has 0 bridgehead atoms. The molecule has 3 N–H and O–H groups in total. The molecule has 2 rings (SSSR count). The van der Waals surface area contributed by atoms with E-state index in [4.69, 9.17) is 10.3 Å². The Morgan fingerprint density at radius 2 is 2.06 bits per heavy atom. The summed E-state index contributed by atoms with van der Waals surface area (Å²) in [5.74, 6) is 0.494. The van der Waals surface area contributed by atoms with E-state index in [1.54, 1.807) is 24.4 Å². The van der Waals surface area contributed by atoms with Crippen molar-refractivity contribution in [1.29, 1.82) is 0 Å². The van der Waals surface area contributed by atoms with Gasteiger partial charge >= 0.3 is 0 Å². The zero-order valence-corrected chi connectivity index (χ0v) is 9.93. The molecular weight excluding hydrogens is 230 g/mol. The van der Waals surface area contributed by atoms with E-state index in [9.17, 15) is 4.79 Å². The molecule has 0 unspecified atom stereocenters. The fraction of sp³-hybridized carbons (Fsp3) is 0.231. The SMILES string of the molecule is NCCc1ccc(C(=O)NCc2ccno2)cc1. The minimum atomic E-state index is -0.134. The monoisotopic (exact) mass is 245 g/mol. The highest BCUT2D eigenvalue weighted by Crippen LogP contribution is 2.05. The zero-order valence-electron chi connectivity index (χ0n) is 9.93. The molecule has 0 saturated heterocycles. The van der Waals surface area contributed by atoms with E-state index in [2.05, 4.69) is 10.5 Å². The number of rotatable bonds is 5. The van der Waals surface area contributed by atoms with E-state index in [0.717, 1.165) is 12.0 Å². The van der Waals surface area contributed by atoms with Crippen molar-refractivity contribution < 1.29 is 9.32 Å². The minimum Gasteiger partial charge on any atom is -0.360 e. The molecular formula is C13H15N3O2. The number of nitrogens with two attached hydrogens (primary N) is 1. The van der Waals surface area contributed by atoms with E-state index < -0.39 is 0 Å². The van der Waals surface area contributed by atoms with Gasteiger partial charge in [0, 0.05) is 11.6 Å². The highest BCUT2D eigenvalue weighted by molar-refractivity contribution is 5.94. The van der Waals surface area contributed by atoms with Crippen LogP contribution in [0.5, 0.6) is 0 Å². The lowest BCUT2D eigenvalue weighted by molar-refractivity contribution is 0.0947. The van der Waals surface area contributed by atoms with Gasteiger partial charge in [0.15, 0.2) is 5.76 Å². The number of nitrogens with zero attached hydrogens (tertiary/aromatic N) is 1. The fourth-order valence-corrected chi connectivity index (χ4v) is 1.59. The van der Waals surface area contributed by atoms with Gasteiger partial charge < -0.3 is 15.6 Å². The Morgan fingerprint density at radius 3 is 2.67 bits per heavy atom. The summed E-state index contributed by atoms with van der Waals surface area (Å²) in [6.45, 7) is 0.945. The third-order valence-corrected chi connectivity index (χ3v) is 2.56. The van der Waals surface area contributed by atoms with Crippen LogP contribution in [0.15, 0.2) is 41.1 Å². The van der Waals surface area contributed by atoms with Gasteiger partial charge in [-0.15, -0.1) is 0 Å². The van der Waals surface area contributed by atoms with Crippen molar-refractivity contribution in [3.8, 4) is 0 Å². The minimum absolute atomic E-state index is 0.134. The van der Waals surface area contributed by atoms with E-state index >= 15 is 0 Å². The molecule has 0 aliphatic rings. The van der Waals surface area contributed by atoms with Crippen LogP contribution in [-0.4, -0.2) is 17.6 Å². The number of benzene rings is 1. The third-order valence-electron chi connectivity index (χ3n) is 2.56. The Hall–Kier alpha value is -2.14. The first-order valence-corrected chi connectivity index (χ1v) is 5.76. The maximum Gasteiger partial charge on any atom is 0.251 e. The van der Waals surface area contributed by atoms with Gasteiger partial charge in [-0.2, -0.15) is 0 Å². The Morgan fingerprint density at radius 1 is 1.28 bits per heavy atom. The summed E-state index contributed by atoms with van der Waals surface area (Å²) in [5, 5.41) is 6.32. The molecule has 0 spiro atoms. The number of nitrogens with one attached hydrogen (secondary N) is 1. The average molecular weight is 245 g/mol. The Balaban J connectivity index is 1.92. The third kappa shape index (κ3) is 3.18. The molecule has 5 nitrogen and oxygen atoms in total. The van der Waals surface area contributed by atoms with Crippen molar-refractivity contribution in [3.63, 3.8) is 0 Å². The number of carbonyl (C=O) groups is 1. The highest BCUT2D eigenvalue weighted by atomic mass is 16.5. The molecule has 0 radical (unpaired) electrons. The fourth-order valence-electron chi connectivity index (χ4n) is 1.59. The second kappa shape index (κ2) is 5.97. The normalized spacial score (nSPS) is 10.3. The summed E-state index contributed by atoms with van der Waals surface area (Å²) in [7, 11) is 0. The maximum absolute atomic E-state index is 11.8. The Bertz CT molecular complexity index is 491. The van der Waals surface area contributed by atoms with Crippen LogP contribution in [0.4, 0.5) is 0 Å². The summed E-state index contributed by atoms with van der Waals surface area (Å²) >= 11 is 0. The molecule has 5 heteroatoms. The number of hydrogen-bond acceptors (Lipinski definition) is 4. The Kier molecular flexibility index (Phi) is 4.09. The van der Waals surface area contributed by atoms with Crippen LogP contribution in [-0.2, 0) is 13.0 Å². The molecule has 1 aromatic heterocycles. The van der Waals surface area contributed by atoms with Crippen LogP contribution in [0.1, 0.15) is 21.7 Å². The maximum atomic E-state index is 11.8. The van der Waals surface area contributed by atoms with E-state index in [0.29, 0.717) is 24.4 Å². The highest BCUT2D eigenvalue weighted by Gasteiger charge is 2.06. The molecule has 0 aliphatic heterocycles. The second-order valence-corrected chi connectivity index (χ2v) is 3.90. The van der Waals surface area contributed by atoms with Crippen molar-refractivity contribution in [1.82, 2.24) is 10.5 Å². The molecule has 94 valence electrons. The molecule has 0 saturated carbocycles. The number of aromatic nitrogens is 1. The smallest absolute Gasteiger partial charge is 0.251 e. The van der Waals surface area contributed by atoms with E-state index in [-0.39, 0.29) is 5.91 Å². The largest absolute Gasteiger partial charge is 0.360 e. The second-order valence-electron chi connectivity index (χ2n) is 3.90. The van der Waals surface area contributed by atoms with Crippen LogP contribution in [0, 0.1) is 0 Å². The van der Waals surface area contributed by atoms with Crippen molar-refractivity contribution in [2.45, 2.75) is 13.0 Å². The van der Waals surface area contributed by atoms with Crippen LogP contribution >= 0.6 is 0 Å². The van der Waals surface area contributed by atoms with E-state index in [1.165, 1.54) is 0 Å². The summed E-state index contributed by atoms with van der Waals surface area (Å²) < 4.78 is 4.89. The van der Waals surface area contributed by atoms with Crippen molar-refractivity contribution in [2.24, 2.45) is 5.73 Å². The Labute approximate surface area is 105 Å². The summed E-state index contributed by atoms with van der Waals surface area (Å²) in [6, 6.07) is 9.12. The molecule has 0 aliphatic carbocycles. The number of hydrogen-bond donors (Lipinski definition) is 2. The van der Waals surface area contributed by atoms with Gasteiger partial charge in [0.2, 0.25) is 0 Å². The standard InChI is InChI=1S/C13H15N3O2/c14-7-5-10-1-3-11(4-2-10)13(17)15-9-12-6-8-16-18-12/h1-4,6,8H,5,7,9,14H2,(H,15,17). The van der Waals surface area contributed by atoms with Crippen LogP contribution < -0.4 is 11.1 Å². The first-order chi connectivity index (χ1) is 8.79. The molecule has 0 fully saturated rings. The van der Waals surface area contributed by atoms with Gasteiger partial charge in [-0.1, -0.05) is 17.3 Å². The van der Waals surface area contributed by atoms with Crippen LogP contribution in [0.2, 0.25) is 0 Å². The van der Waals surface area contributed by atoms with Crippen LogP contribution in [0.3, 0.4) is 0 Å². The first kappa shape index (κ1) is 12.3. The summed E-state index contributed by atoms with van der Waals surface area (Å²) in [5.41, 5.74) is 7.21. The van der Waals surface area contributed by atoms with Crippen molar-refractivity contribution in [3.05, 3.63) is 53.4 Å². The van der Waals surface area contributed by atoms with Gasteiger partial charge in [0.05, 0.1) is 12.7 Å². The molecule has 18 heavy (non-hydrogen) atoms. The van der Waals surface area contributed by atoms with Gasteiger partial charge in [-0.05, 0) is 30.7 Å². The molecule has 1 amide bonds. The van der Waals surface area contributed by atoms with Gasteiger partial charge in [0.1, 0.15) is 0 Å². The lowest BCUT2D eigenvalue weighted by Crippen LogP contribution is -2.22. The lowest BCUT2D eigenvalue weighted by atomic mass is 10.1. The summed E-state index contributed by atoms with van der Waals surface area (Å²) in [6.07, 6.45) is 2.36. The molecule has 1 aromatic carbocycles. The van der Waals surface area contributed by atoms with Crippen LogP contribution in [0.25, 0.3) is 0 Å². The van der Waals surface area contributed by atoms with Gasteiger partial charge in [-0.3, -0.25) is 4.79 Å². The molecule has 2 aromatic rings. The number of amides is 1. The average Bonchev–Trinajstić information content (AvgIpc) is 2.90. The predicted octanol–water partition coefficient (Wildman–Crippen LogP) is 1.11. The lowest BCUT2D eigenvalue weighted by Gasteiger charge is -2.04. The number of carbonyl (C=O) groups excluding carboxylic acids is 1. The van der Waals surface area contributed by atoms with Crippen molar-refractivity contribution in [2.75, 3.05) is 6.54 Å². The first-order valence-electron chi connectivity index (χ1n) is 5.76. The quantitative estimate of drug-likeness (QED) is 0.826. The zero-order chi connectivity index (χ0) is 12.8. The molecule has 1 heterocycles. The van der Waals surface area contributed by atoms with Gasteiger partial charge in [0.25, 0.3) is 5.91 Å². The van der Waals surface area contributed by atoms with Gasteiger partial charge in [-0.25, -0.2) is 0 Å².